The number of hydrogen-bond donors (Lipinski definition) is 1. The Morgan fingerprint density at radius 2 is 2.16 bits per heavy atom. The number of nitrogens with zero attached hydrogens (tertiary/aromatic N) is 1. The van der Waals surface area contributed by atoms with Crippen molar-refractivity contribution in [1.82, 2.24) is 0 Å². The first-order valence-electron chi connectivity index (χ1n) is 8.58. The summed E-state index contributed by atoms with van der Waals surface area (Å²) in [6.07, 6.45) is 4.13. The third-order valence-corrected chi connectivity index (χ3v) is 5.85. The van der Waals surface area contributed by atoms with Crippen LogP contribution in [0.5, 0.6) is 5.75 Å². The number of nitrogens with one attached hydrogen (secondary N) is 1. The Hall–Kier alpha value is -2.32. The number of thiophene rings is 1. The minimum Gasteiger partial charge on any atom is -0.497 e. The van der Waals surface area contributed by atoms with Crippen molar-refractivity contribution in [3.05, 3.63) is 45.8 Å². The zero-order valence-electron chi connectivity index (χ0n) is 14.6. The van der Waals surface area contributed by atoms with Crippen molar-refractivity contribution in [2.75, 3.05) is 12.4 Å². The number of fused-ring (bicyclic) bond motifs is 1. The predicted molar refractivity (Wildman–Crippen MR) is 100 cm³/mol. The summed E-state index contributed by atoms with van der Waals surface area (Å²) in [7, 11) is 1.64. The molecule has 0 fully saturated rings. The molecule has 0 aliphatic heterocycles. The first kappa shape index (κ1) is 17.5. The van der Waals surface area contributed by atoms with Crippen LogP contribution in [-0.2, 0) is 24.1 Å². The second kappa shape index (κ2) is 7.71. The number of carbonyl (C=O) groups excluding carboxylic acids is 1. The molecule has 0 saturated carbocycles. The molecule has 4 nitrogen and oxygen atoms in total. The minimum absolute atomic E-state index is 0.0426. The van der Waals surface area contributed by atoms with Crippen LogP contribution in [0.4, 0.5) is 5.00 Å². The van der Waals surface area contributed by atoms with Crippen molar-refractivity contribution in [3.63, 3.8) is 0 Å². The fourth-order valence-corrected chi connectivity index (χ4v) is 4.57. The van der Waals surface area contributed by atoms with Gasteiger partial charge in [-0.05, 0) is 54.9 Å². The lowest BCUT2D eigenvalue weighted by atomic mass is 9.88. The molecule has 1 heterocycles. The van der Waals surface area contributed by atoms with E-state index in [-0.39, 0.29) is 5.91 Å². The quantitative estimate of drug-likeness (QED) is 0.869. The molecule has 1 aliphatic rings. The van der Waals surface area contributed by atoms with Crippen LogP contribution in [0.1, 0.15) is 41.3 Å². The lowest BCUT2D eigenvalue weighted by Gasteiger charge is -2.17. The second-order valence-corrected chi connectivity index (χ2v) is 7.67. The Morgan fingerprint density at radius 3 is 2.84 bits per heavy atom. The van der Waals surface area contributed by atoms with E-state index in [1.807, 2.05) is 24.3 Å². The van der Waals surface area contributed by atoms with Gasteiger partial charge in [0.15, 0.2) is 0 Å². The fourth-order valence-electron chi connectivity index (χ4n) is 3.20. The molecule has 130 valence electrons. The van der Waals surface area contributed by atoms with Gasteiger partial charge in [-0.15, -0.1) is 11.3 Å². The van der Waals surface area contributed by atoms with E-state index in [9.17, 15) is 10.1 Å². The van der Waals surface area contributed by atoms with Crippen molar-refractivity contribution in [1.29, 1.82) is 5.26 Å². The van der Waals surface area contributed by atoms with E-state index < -0.39 is 0 Å². The van der Waals surface area contributed by atoms with Crippen LogP contribution in [0.2, 0.25) is 0 Å². The molecule has 1 aromatic heterocycles. The van der Waals surface area contributed by atoms with Gasteiger partial charge < -0.3 is 10.1 Å². The highest BCUT2D eigenvalue weighted by Gasteiger charge is 2.24. The van der Waals surface area contributed by atoms with E-state index >= 15 is 0 Å². The summed E-state index contributed by atoms with van der Waals surface area (Å²) >= 11 is 1.57. The zero-order valence-corrected chi connectivity index (χ0v) is 15.4. The first-order chi connectivity index (χ1) is 12.1. The number of amides is 1. The number of hydrogen-bond acceptors (Lipinski definition) is 4. The topological polar surface area (TPSA) is 62.1 Å². The van der Waals surface area contributed by atoms with E-state index in [0.29, 0.717) is 24.3 Å². The summed E-state index contributed by atoms with van der Waals surface area (Å²) in [5.74, 6) is 1.42. The molecule has 3 rings (SSSR count). The Labute approximate surface area is 152 Å². The third-order valence-electron chi connectivity index (χ3n) is 4.68. The molecule has 25 heavy (non-hydrogen) atoms. The monoisotopic (exact) mass is 354 g/mol. The van der Waals surface area contributed by atoms with Crippen molar-refractivity contribution in [2.24, 2.45) is 5.92 Å². The van der Waals surface area contributed by atoms with Crippen LogP contribution in [0, 0.1) is 17.2 Å². The van der Waals surface area contributed by atoms with Crippen LogP contribution < -0.4 is 10.1 Å². The number of methoxy groups -OCH3 is 1. The van der Waals surface area contributed by atoms with Crippen LogP contribution >= 0.6 is 11.3 Å². The maximum absolute atomic E-state index is 12.3. The molecule has 0 radical (unpaired) electrons. The maximum Gasteiger partial charge on any atom is 0.225 e. The van der Waals surface area contributed by atoms with Gasteiger partial charge in [0.05, 0.1) is 12.7 Å². The third kappa shape index (κ3) is 4.02. The van der Waals surface area contributed by atoms with Crippen LogP contribution in [0.3, 0.4) is 0 Å². The average Bonchev–Trinajstić information content (AvgIpc) is 2.96. The molecule has 1 aromatic carbocycles. The zero-order chi connectivity index (χ0) is 17.8. The number of ether oxygens (including phenoxy) is 1. The number of carbonyl (C=O) groups is 1. The van der Waals surface area contributed by atoms with E-state index in [0.717, 1.165) is 41.1 Å². The summed E-state index contributed by atoms with van der Waals surface area (Å²) in [5, 5.41) is 13.2. The van der Waals surface area contributed by atoms with Crippen LogP contribution in [0.15, 0.2) is 24.3 Å². The van der Waals surface area contributed by atoms with Gasteiger partial charge in [0.2, 0.25) is 5.91 Å². The van der Waals surface area contributed by atoms with E-state index in [1.165, 1.54) is 4.88 Å². The lowest BCUT2D eigenvalue weighted by Crippen LogP contribution is -2.12. The average molecular weight is 354 g/mol. The molecule has 0 spiro atoms. The molecule has 2 aromatic rings. The van der Waals surface area contributed by atoms with E-state index in [4.69, 9.17) is 4.74 Å². The molecule has 1 atom stereocenters. The smallest absolute Gasteiger partial charge is 0.225 e. The van der Waals surface area contributed by atoms with Crippen molar-refractivity contribution in [2.45, 2.75) is 39.0 Å². The van der Waals surface area contributed by atoms with Gasteiger partial charge >= 0.3 is 0 Å². The summed E-state index contributed by atoms with van der Waals surface area (Å²) in [6.45, 7) is 2.24. The van der Waals surface area contributed by atoms with Crippen molar-refractivity contribution >= 4 is 22.2 Å². The van der Waals surface area contributed by atoms with Gasteiger partial charge in [-0.2, -0.15) is 5.26 Å². The number of nitriles is 1. The molecular formula is C20H22N2O2S. The van der Waals surface area contributed by atoms with Crippen molar-refractivity contribution in [3.8, 4) is 11.8 Å². The van der Waals surface area contributed by atoms with Gasteiger partial charge in [-0.1, -0.05) is 19.1 Å². The molecule has 1 N–H and O–H groups in total. The Kier molecular flexibility index (Phi) is 5.40. The predicted octanol–water partition coefficient (Wildman–Crippen LogP) is 4.32. The van der Waals surface area contributed by atoms with Gasteiger partial charge in [0.1, 0.15) is 16.8 Å². The normalized spacial score (nSPS) is 16.0. The summed E-state index contributed by atoms with van der Waals surface area (Å²) < 4.78 is 5.14. The number of benzene rings is 1. The Balaban J connectivity index is 1.64. The Morgan fingerprint density at radius 1 is 1.40 bits per heavy atom. The first-order valence-corrected chi connectivity index (χ1v) is 9.39. The summed E-state index contributed by atoms with van der Waals surface area (Å²) in [5.41, 5.74) is 2.91. The highest BCUT2D eigenvalue weighted by atomic mass is 32.1. The molecule has 0 bridgehead atoms. The fraction of sp³-hybridized carbons (Fsp3) is 0.400. The maximum atomic E-state index is 12.3. The molecule has 1 amide bonds. The summed E-state index contributed by atoms with van der Waals surface area (Å²) in [6, 6.07) is 10.0. The molecular weight excluding hydrogens is 332 g/mol. The second-order valence-electron chi connectivity index (χ2n) is 6.56. The molecule has 5 heteroatoms. The highest BCUT2D eigenvalue weighted by Crippen LogP contribution is 2.39. The lowest BCUT2D eigenvalue weighted by molar-refractivity contribution is -0.116. The van der Waals surface area contributed by atoms with Gasteiger partial charge in [-0.3, -0.25) is 4.79 Å². The van der Waals surface area contributed by atoms with Gasteiger partial charge in [0.25, 0.3) is 0 Å². The van der Waals surface area contributed by atoms with Crippen molar-refractivity contribution < 1.29 is 9.53 Å². The van der Waals surface area contributed by atoms with Gasteiger partial charge in [-0.25, -0.2) is 0 Å². The van der Waals surface area contributed by atoms with E-state index in [2.05, 4.69) is 18.3 Å². The van der Waals surface area contributed by atoms with Gasteiger partial charge in [0, 0.05) is 11.3 Å². The molecule has 0 saturated heterocycles. The molecule has 0 unspecified atom stereocenters. The van der Waals surface area contributed by atoms with Crippen LogP contribution in [-0.4, -0.2) is 13.0 Å². The number of anilines is 1. The molecule has 1 aliphatic carbocycles. The number of aryl methyl sites for hydroxylation is 1. The number of rotatable bonds is 5. The van der Waals surface area contributed by atoms with E-state index in [1.54, 1.807) is 18.4 Å². The SMILES string of the molecule is COc1ccc(CCC(=O)Nc2sc3c(c2C#N)CC[C@H](C)C3)cc1. The summed E-state index contributed by atoms with van der Waals surface area (Å²) in [4.78, 5) is 13.6. The highest BCUT2D eigenvalue weighted by molar-refractivity contribution is 7.16. The minimum atomic E-state index is -0.0426. The Bertz CT molecular complexity index is 802. The van der Waals surface area contributed by atoms with Crippen LogP contribution in [0.25, 0.3) is 0 Å². The standard InChI is InChI=1S/C20H22N2O2S/c1-13-3-9-16-17(12-21)20(25-18(16)11-13)22-19(23)10-6-14-4-7-15(24-2)8-5-14/h4-5,7-8,13H,3,6,9-11H2,1-2H3,(H,22,23)/t13-/m0/s1. The largest absolute Gasteiger partial charge is 0.497 e.